The van der Waals surface area contributed by atoms with Crippen molar-refractivity contribution < 1.29 is 17.6 Å². The highest BCUT2D eigenvalue weighted by molar-refractivity contribution is 7.92. The highest BCUT2D eigenvalue weighted by atomic mass is 32.2. The van der Waals surface area contributed by atoms with E-state index in [-0.39, 0.29) is 16.1 Å². The van der Waals surface area contributed by atoms with Crippen LogP contribution < -0.4 is 10.0 Å². The van der Waals surface area contributed by atoms with E-state index in [1.165, 1.54) is 42.6 Å². The molecular formula is C21H18FN5O3S. The van der Waals surface area contributed by atoms with Gasteiger partial charge in [-0.1, -0.05) is 6.07 Å². The van der Waals surface area contributed by atoms with Gasteiger partial charge in [-0.3, -0.25) is 14.2 Å². The number of hydrogen-bond acceptors (Lipinski definition) is 5. The molecule has 0 fully saturated rings. The minimum atomic E-state index is -3.96. The van der Waals surface area contributed by atoms with Gasteiger partial charge in [0.2, 0.25) is 0 Å². The van der Waals surface area contributed by atoms with Crippen LogP contribution in [0.4, 0.5) is 15.8 Å². The van der Waals surface area contributed by atoms with Crippen molar-refractivity contribution in [1.29, 1.82) is 0 Å². The first-order chi connectivity index (χ1) is 14.7. The minimum absolute atomic E-state index is 0.0962. The zero-order valence-corrected chi connectivity index (χ0v) is 17.4. The summed E-state index contributed by atoms with van der Waals surface area (Å²) in [6, 6.07) is 12.3. The molecule has 8 nitrogen and oxygen atoms in total. The molecule has 0 unspecified atom stereocenters. The fourth-order valence-corrected chi connectivity index (χ4v) is 4.22. The minimum Gasteiger partial charge on any atom is -0.321 e. The first kappa shape index (κ1) is 20.5. The second kappa shape index (κ2) is 7.80. The molecule has 0 bridgehead atoms. The molecule has 2 N–H and O–H groups in total. The van der Waals surface area contributed by atoms with Gasteiger partial charge in [0.1, 0.15) is 5.82 Å². The predicted octanol–water partition coefficient (Wildman–Crippen LogP) is 3.47. The van der Waals surface area contributed by atoms with E-state index < -0.39 is 21.7 Å². The van der Waals surface area contributed by atoms with Gasteiger partial charge in [0, 0.05) is 23.7 Å². The highest BCUT2D eigenvalue weighted by Crippen LogP contribution is 2.21. The fourth-order valence-electron chi connectivity index (χ4n) is 3.12. The Bertz CT molecular complexity index is 1400. The Morgan fingerprint density at radius 3 is 2.55 bits per heavy atom. The molecule has 0 saturated heterocycles. The van der Waals surface area contributed by atoms with Crippen LogP contribution >= 0.6 is 0 Å². The summed E-state index contributed by atoms with van der Waals surface area (Å²) in [5.74, 6) is -0.961. The summed E-state index contributed by atoms with van der Waals surface area (Å²) < 4.78 is 42.4. The number of fused-ring (bicyclic) bond motifs is 1. The number of hydrogen-bond donors (Lipinski definition) is 2. The third-order valence-corrected chi connectivity index (χ3v) is 6.00. The van der Waals surface area contributed by atoms with Crippen LogP contribution in [-0.4, -0.2) is 29.1 Å². The molecule has 0 aliphatic rings. The molecule has 0 aliphatic carbocycles. The molecule has 0 saturated carbocycles. The monoisotopic (exact) mass is 439 g/mol. The summed E-state index contributed by atoms with van der Waals surface area (Å²) in [5, 5.41) is 7.83. The van der Waals surface area contributed by atoms with E-state index in [1.54, 1.807) is 17.8 Å². The Morgan fingerprint density at radius 1 is 1.06 bits per heavy atom. The summed E-state index contributed by atoms with van der Waals surface area (Å²) in [5.41, 5.74) is 2.30. The summed E-state index contributed by atoms with van der Waals surface area (Å²) >= 11 is 0. The molecule has 2 aromatic carbocycles. The molecule has 0 radical (unpaired) electrons. The number of amides is 1. The quantitative estimate of drug-likeness (QED) is 0.495. The third kappa shape index (κ3) is 4.24. The Kier molecular flexibility index (Phi) is 5.15. The number of nitrogens with zero attached hydrogens (tertiary/aromatic N) is 3. The van der Waals surface area contributed by atoms with E-state index in [1.807, 2.05) is 6.92 Å². The van der Waals surface area contributed by atoms with Crippen LogP contribution in [0.1, 0.15) is 16.1 Å². The number of rotatable bonds is 5. The molecule has 2 aromatic heterocycles. The molecule has 0 aliphatic heterocycles. The Hall–Kier alpha value is -3.79. The first-order valence-electron chi connectivity index (χ1n) is 9.22. The largest absolute Gasteiger partial charge is 0.321 e. The van der Waals surface area contributed by atoms with E-state index in [0.717, 1.165) is 23.2 Å². The third-order valence-electron chi connectivity index (χ3n) is 4.62. The van der Waals surface area contributed by atoms with E-state index in [4.69, 9.17) is 0 Å². The summed E-state index contributed by atoms with van der Waals surface area (Å²) in [6.45, 7) is 1.85. The number of pyridine rings is 1. The van der Waals surface area contributed by atoms with Gasteiger partial charge in [0.25, 0.3) is 15.9 Å². The lowest BCUT2D eigenvalue weighted by Gasteiger charge is -2.10. The molecule has 4 aromatic rings. The molecular weight excluding hydrogens is 421 g/mol. The van der Waals surface area contributed by atoms with E-state index in [0.29, 0.717) is 11.3 Å². The topological polar surface area (TPSA) is 106 Å². The maximum absolute atomic E-state index is 13.0. The number of anilines is 2. The number of halogens is 1. The van der Waals surface area contributed by atoms with Crippen molar-refractivity contribution in [2.24, 2.45) is 7.05 Å². The van der Waals surface area contributed by atoms with Crippen LogP contribution in [0, 0.1) is 12.7 Å². The zero-order chi connectivity index (χ0) is 22.2. The molecule has 4 rings (SSSR count). The Labute approximate surface area is 177 Å². The smallest absolute Gasteiger partial charge is 0.261 e. The fraction of sp³-hybridized carbons (Fsp3) is 0.0952. The van der Waals surface area contributed by atoms with Crippen LogP contribution in [0.3, 0.4) is 0 Å². The normalized spacial score (nSPS) is 11.5. The Morgan fingerprint density at radius 2 is 1.81 bits per heavy atom. The average molecular weight is 439 g/mol. The summed E-state index contributed by atoms with van der Waals surface area (Å²) in [4.78, 5) is 16.9. The van der Waals surface area contributed by atoms with Crippen molar-refractivity contribution in [3.63, 3.8) is 0 Å². The van der Waals surface area contributed by atoms with Gasteiger partial charge in [-0.25, -0.2) is 17.8 Å². The summed E-state index contributed by atoms with van der Waals surface area (Å²) in [6.07, 6.45) is 1.51. The van der Waals surface area contributed by atoms with Gasteiger partial charge in [-0.05, 0) is 55.5 Å². The number of nitrogens with one attached hydrogen (secondary N) is 2. The lowest BCUT2D eigenvalue weighted by molar-refractivity contribution is 0.102. The summed E-state index contributed by atoms with van der Waals surface area (Å²) in [7, 11) is -2.18. The van der Waals surface area contributed by atoms with Crippen LogP contribution in [0.5, 0.6) is 0 Å². The number of carbonyl (C=O) groups is 1. The van der Waals surface area contributed by atoms with Crippen molar-refractivity contribution in [3.05, 3.63) is 77.9 Å². The van der Waals surface area contributed by atoms with Crippen molar-refractivity contribution in [1.82, 2.24) is 14.8 Å². The molecule has 1 amide bonds. The van der Waals surface area contributed by atoms with Crippen molar-refractivity contribution in [2.75, 3.05) is 10.0 Å². The highest BCUT2D eigenvalue weighted by Gasteiger charge is 2.17. The second-order valence-electron chi connectivity index (χ2n) is 6.90. The van der Waals surface area contributed by atoms with Crippen LogP contribution in [-0.2, 0) is 17.1 Å². The van der Waals surface area contributed by atoms with Gasteiger partial charge in [0.05, 0.1) is 22.5 Å². The van der Waals surface area contributed by atoms with E-state index in [2.05, 4.69) is 20.1 Å². The second-order valence-corrected chi connectivity index (χ2v) is 8.58. The number of aryl methyl sites for hydroxylation is 2. The van der Waals surface area contributed by atoms with Gasteiger partial charge in [-0.2, -0.15) is 5.10 Å². The van der Waals surface area contributed by atoms with Crippen LogP contribution in [0.2, 0.25) is 0 Å². The Balaban J connectivity index is 1.56. The molecule has 31 heavy (non-hydrogen) atoms. The predicted molar refractivity (Wildman–Crippen MR) is 115 cm³/mol. The van der Waals surface area contributed by atoms with Crippen molar-refractivity contribution in [2.45, 2.75) is 11.8 Å². The van der Waals surface area contributed by atoms with E-state index in [9.17, 15) is 17.6 Å². The van der Waals surface area contributed by atoms with Gasteiger partial charge < -0.3 is 5.32 Å². The van der Waals surface area contributed by atoms with E-state index >= 15 is 0 Å². The number of aromatic nitrogens is 3. The molecule has 0 spiro atoms. The maximum Gasteiger partial charge on any atom is 0.261 e. The molecule has 2 heterocycles. The van der Waals surface area contributed by atoms with Gasteiger partial charge in [0.15, 0.2) is 5.65 Å². The average Bonchev–Trinajstić information content (AvgIpc) is 3.03. The molecule has 0 atom stereocenters. The van der Waals surface area contributed by atoms with Gasteiger partial charge >= 0.3 is 0 Å². The van der Waals surface area contributed by atoms with Crippen molar-refractivity contribution >= 4 is 38.3 Å². The maximum atomic E-state index is 13.0. The van der Waals surface area contributed by atoms with Crippen LogP contribution in [0.15, 0.2) is 65.7 Å². The zero-order valence-electron chi connectivity index (χ0n) is 16.6. The lowest BCUT2D eigenvalue weighted by atomic mass is 10.2. The van der Waals surface area contributed by atoms with Gasteiger partial charge in [-0.15, -0.1) is 0 Å². The SMILES string of the molecule is Cc1nn(C)c2ncc(NC(=O)c3cccc(S(=O)(=O)Nc4ccc(F)cc4)c3)cc12. The number of carbonyl (C=O) groups excluding carboxylic acids is 1. The van der Waals surface area contributed by atoms with Crippen molar-refractivity contribution in [3.8, 4) is 0 Å². The molecule has 10 heteroatoms. The number of sulfonamides is 1. The number of benzene rings is 2. The van der Waals surface area contributed by atoms with Crippen LogP contribution in [0.25, 0.3) is 11.0 Å². The molecule has 158 valence electrons. The lowest BCUT2D eigenvalue weighted by Crippen LogP contribution is -2.16. The first-order valence-corrected chi connectivity index (χ1v) is 10.7. The standard InChI is InChI=1S/C21H18FN5O3S/c1-13-19-11-17(12-23-20(19)27(2)25-13)24-21(28)14-4-3-5-18(10-14)31(29,30)26-16-8-6-15(22)7-9-16/h3-12,26H,1-2H3,(H,24,28).